The van der Waals surface area contributed by atoms with Crippen LogP contribution in [0.25, 0.3) is 0 Å². The average molecular weight is 307 g/mol. The van der Waals surface area contributed by atoms with Crippen LogP contribution in [0.15, 0.2) is 12.3 Å². The molecule has 7 nitrogen and oxygen atoms in total. The first kappa shape index (κ1) is 16.5. The van der Waals surface area contributed by atoms with E-state index in [2.05, 4.69) is 15.3 Å². The lowest BCUT2D eigenvalue weighted by atomic mass is 10.1. The normalized spacial score (nSPS) is 19.8. The molecule has 1 aromatic heterocycles. The topological polar surface area (TPSA) is 70.5 Å². The van der Waals surface area contributed by atoms with Crippen molar-refractivity contribution in [3.8, 4) is 0 Å². The molecule has 2 amide bonds. The lowest BCUT2D eigenvalue weighted by Crippen LogP contribution is -2.41. The summed E-state index contributed by atoms with van der Waals surface area (Å²) in [6, 6.07) is 1.92. The van der Waals surface area contributed by atoms with Gasteiger partial charge in [-0.15, -0.1) is 0 Å². The van der Waals surface area contributed by atoms with Crippen LogP contribution in [-0.4, -0.2) is 71.7 Å². The number of amides is 2. The van der Waals surface area contributed by atoms with Crippen LogP contribution in [0.5, 0.6) is 0 Å². The van der Waals surface area contributed by atoms with Crippen molar-refractivity contribution in [2.24, 2.45) is 5.92 Å². The number of carbonyl (C=O) groups is 2. The number of carbonyl (C=O) groups excluding carboxylic acids is 2. The number of aromatic nitrogens is 2. The van der Waals surface area contributed by atoms with Gasteiger partial charge in [0, 0.05) is 58.1 Å². The second kappa shape index (κ2) is 7.40. The van der Waals surface area contributed by atoms with Crippen LogP contribution < -0.4 is 5.32 Å². The van der Waals surface area contributed by atoms with Crippen molar-refractivity contribution in [2.45, 2.75) is 19.9 Å². The molecule has 0 saturated carbocycles. The predicted molar refractivity (Wildman–Crippen MR) is 83.2 cm³/mol. The van der Waals surface area contributed by atoms with Gasteiger partial charge in [-0.25, -0.2) is 0 Å². The third-order valence-corrected chi connectivity index (χ3v) is 4.16. The molecule has 0 aliphatic carbocycles. The second-order valence-corrected chi connectivity index (χ2v) is 5.86. The molecular formula is C15H25N5O2. The lowest BCUT2D eigenvalue weighted by molar-refractivity contribution is -0.133. The van der Waals surface area contributed by atoms with Gasteiger partial charge >= 0.3 is 0 Å². The Bertz CT molecular complexity index is 528. The van der Waals surface area contributed by atoms with Crippen LogP contribution in [0.2, 0.25) is 0 Å². The van der Waals surface area contributed by atoms with Crippen molar-refractivity contribution in [3.05, 3.63) is 18.0 Å². The summed E-state index contributed by atoms with van der Waals surface area (Å²) in [5.74, 6) is -0.0959. The van der Waals surface area contributed by atoms with E-state index in [0.29, 0.717) is 32.6 Å². The molecule has 1 atom stereocenters. The third kappa shape index (κ3) is 4.07. The number of aryl methyl sites for hydroxylation is 2. The summed E-state index contributed by atoms with van der Waals surface area (Å²) in [5.41, 5.74) is 1.05. The summed E-state index contributed by atoms with van der Waals surface area (Å²) in [6.07, 6.45) is 2.15. The number of nitrogens with zero attached hydrogens (tertiary/aromatic N) is 4. The van der Waals surface area contributed by atoms with E-state index in [1.165, 1.54) is 0 Å². The minimum Gasteiger partial charge on any atom is -0.359 e. The average Bonchev–Trinajstić information content (AvgIpc) is 2.80. The summed E-state index contributed by atoms with van der Waals surface area (Å²) < 4.78 is 1.83. The highest BCUT2D eigenvalue weighted by Crippen LogP contribution is 2.11. The molecule has 122 valence electrons. The van der Waals surface area contributed by atoms with Crippen LogP contribution in [-0.2, 0) is 16.1 Å². The number of nitrogens with one attached hydrogen (secondary N) is 1. The van der Waals surface area contributed by atoms with Crippen molar-refractivity contribution in [2.75, 3.05) is 40.3 Å². The van der Waals surface area contributed by atoms with Gasteiger partial charge in [0.05, 0.1) is 5.92 Å². The van der Waals surface area contributed by atoms with E-state index in [9.17, 15) is 9.59 Å². The fraction of sp³-hybridized carbons (Fsp3) is 0.667. The molecule has 2 heterocycles. The zero-order chi connectivity index (χ0) is 16.1. The molecule has 1 fully saturated rings. The molecule has 0 spiro atoms. The Balaban J connectivity index is 1.95. The van der Waals surface area contributed by atoms with Crippen molar-refractivity contribution >= 4 is 11.8 Å². The first-order chi connectivity index (χ1) is 10.5. The molecule has 1 aliphatic heterocycles. The Morgan fingerprint density at radius 1 is 1.36 bits per heavy atom. The van der Waals surface area contributed by atoms with E-state index in [-0.39, 0.29) is 17.7 Å². The zero-order valence-corrected chi connectivity index (χ0v) is 13.6. The Morgan fingerprint density at radius 2 is 2.14 bits per heavy atom. The summed E-state index contributed by atoms with van der Waals surface area (Å²) in [5, 5.41) is 6.88. The molecule has 22 heavy (non-hydrogen) atoms. The molecule has 7 heteroatoms. The highest BCUT2D eigenvalue weighted by Gasteiger charge is 2.28. The van der Waals surface area contributed by atoms with Gasteiger partial charge in [-0.3, -0.25) is 14.3 Å². The monoisotopic (exact) mass is 307 g/mol. The molecule has 0 aromatic carbocycles. The molecule has 0 unspecified atom stereocenters. The molecule has 1 aromatic rings. The van der Waals surface area contributed by atoms with Crippen LogP contribution in [0.3, 0.4) is 0 Å². The first-order valence-electron chi connectivity index (χ1n) is 7.67. The molecular weight excluding hydrogens is 282 g/mol. The van der Waals surface area contributed by atoms with Gasteiger partial charge < -0.3 is 15.1 Å². The highest BCUT2D eigenvalue weighted by molar-refractivity contribution is 5.81. The van der Waals surface area contributed by atoms with E-state index < -0.39 is 0 Å². The van der Waals surface area contributed by atoms with Gasteiger partial charge in [0.15, 0.2) is 0 Å². The van der Waals surface area contributed by atoms with Crippen molar-refractivity contribution in [3.63, 3.8) is 0 Å². The molecule has 0 bridgehead atoms. The zero-order valence-electron chi connectivity index (χ0n) is 13.6. The van der Waals surface area contributed by atoms with E-state index in [4.69, 9.17) is 0 Å². The Hall–Kier alpha value is -1.89. The van der Waals surface area contributed by atoms with Gasteiger partial charge in [-0.2, -0.15) is 5.10 Å². The van der Waals surface area contributed by atoms with Gasteiger partial charge in [-0.1, -0.05) is 0 Å². The van der Waals surface area contributed by atoms with E-state index in [0.717, 1.165) is 12.2 Å². The Morgan fingerprint density at radius 3 is 2.77 bits per heavy atom. The standard InChI is InChI=1S/C15H25N5O2/c1-12-4-6-17-20(12)7-5-14(21)19-9-8-18(3)10-13(11-19)15(22)16-2/h4,6,13H,5,7-11H2,1-3H3,(H,16,22)/t13-/m0/s1. The maximum absolute atomic E-state index is 12.5. The molecule has 1 saturated heterocycles. The summed E-state index contributed by atoms with van der Waals surface area (Å²) in [7, 11) is 3.62. The largest absolute Gasteiger partial charge is 0.359 e. The predicted octanol–water partition coefficient (Wildman–Crippen LogP) is -0.282. The van der Waals surface area contributed by atoms with E-state index in [1.54, 1.807) is 13.2 Å². The smallest absolute Gasteiger partial charge is 0.225 e. The quantitative estimate of drug-likeness (QED) is 0.830. The number of rotatable bonds is 4. The summed E-state index contributed by atoms with van der Waals surface area (Å²) >= 11 is 0. The Labute approximate surface area is 131 Å². The highest BCUT2D eigenvalue weighted by atomic mass is 16.2. The maximum atomic E-state index is 12.5. The molecule has 0 radical (unpaired) electrons. The number of hydrogen-bond donors (Lipinski definition) is 1. The van der Waals surface area contributed by atoms with Crippen molar-refractivity contribution in [1.29, 1.82) is 0 Å². The summed E-state index contributed by atoms with van der Waals surface area (Å²) in [4.78, 5) is 28.3. The lowest BCUT2D eigenvalue weighted by Gasteiger charge is -2.23. The summed E-state index contributed by atoms with van der Waals surface area (Å²) in [6.45, 7) is 5.18. The number of hydrogen-bond acceptors (Lipinski definition) is 4. The van der Waals surface area contributed by atoms with Gasteiger partial charge in [-0.05, 0) is 20.0 Å². The van der Waals surface area contributed by atoms with Crippen molar-refractivity contribution < 1.29 is 9.59 Å². The van der Waals surface area contributed by atoms with Crippen LogP contribution >= 0.6 is 0 Å². The third-order valence-electron chi connectivity index (χ3n) is 4.16. The van der Waals surface area contributed by atoms with Crippen LogP contribution in [0.1, 0.15) is 12.1 Å². The fourth-order valence-corrected chi connectivity index (χ4v) is 2.76. The van der Waals surface area contributed by atoms with Crippen LogP contribution in [0, 0.1) is 12.8 Å². The van der Waals surface area contributed by atoms with Gasteiger partial charge in [0.1, 0.15) is 0 Å². The Kier molecular flexibility index (Phi) is 5.54. The SMILES string of the molecule is CNC(=O)[C@H]1CN(C)CCN(C(=O)CCn2nccc2C)C1. The maximum Gasteiger partial charge on any atom is 0.225 e. The minimum atomic E-state index is -0.173. The second-order valence-electron chi connectivity index (χ2n) is 5.86. The fourth-order valence-electron chi connectivity index (χ4n) is 2.76. The van der Waals surface area contributed by atoms with Crippen LogP contribution in [0.4, 0.5) is 0 Å². The molecule has 2 rings (SSSR count). The minimum absolute atomic E-state index is 0.00512. The van der Waals surface area contributed by atoms with Gasteiger partial charge in [0.2, 0.25) is 11.8 Å². The van der Waals surface area contributed by atoms with Crippen molar-refractivity contribution in [1.82, 2.24) is 24.9 Å². The molecule has 1 aliphatic rings. The molecule has 1 N–H and O–H groups in total. The van der Waals surface area contributed by atoms with E-state index >= 15 is 0 Å². The van der Waals surface area contributed by atoms with Gasteiger partial charge in [0.25, 0.3) is 0 Å². The number of likely N-dealkylation sites (N-methyl/N-ethyl adjacent to an activating group) is 1. The first-order valence-corrected chi connectivity index (χ1v) is 7.67. The van der Waals surface area contributed by atoms with E-state index in [1.807, 2.05) is 29.6 Å².